The van der Waals surface area contributed by atoms with Crippen LogP contribution in [0, 0.1) is 5.82 Å². The molecule has 1 aliphatic rings. The second kappa shape index (κ2) is 8.78. The normalized spacial score (nSPS) is 17.2. The van der Waals surface area contributed by atoms with Crippen LogP contribution in [0.3, 0.4) is 0 Å². The molecule has 29 heavy (non-hydrogen) atoms. The van der Waals surface area contributed by atoms with Crippen molar-refractivity contribution >= 4 is 10.0 Å². The number of halogens is 4. The number of morpholine rings is 1. The Morgan fingerprint density at radius 1 is 1.03 bits per heavy atom. The van der Waals surface area contributed by atoms with Gasteiger partial charge in [0.1, 0.15) is 5.82 Å². The number of sulfonamides is 1. The highest BCUT2D eigenvalue weighted by atomic mass is 32.2. The summed E-state index contributed by atoms with van der Waals surface area (Å²) >= 11 is 0. The average molecular weight is 432 g/mol. The van der Waals surface area contributed by atoms with E-state index in [-0.39, 0.29) is 6.54 Å². The van der Waals surface area contributed by atoms with Crippen molar-refractivity contribution in [3.8, 4) is 0 Å². The fourth-order valence-electron chi connectivity index (χ4n) is 3.23. The summed E-state index contributed by atoms with van der Waals surface area (Å²) in [6.07, 6.45) is -4.80. The zero-order valence-electron chi connectivity index (χ0n) is 15.3. The maximum absolute atomic E-state index is 13.3. The SMILES string of the molecule is O=S(=O)(NCC(c1ccc(F)cc1)N1CCOCC1)c1ccccc1C(F)(F)F. The van der Waals surface area contributed by atoms with Gasteiger partial charge in [0.25, 0.3) is 0 Å². The summed E-state index contributed by atoms with van der Waals surface area (Å²) in [5.41, 5.74) is -0.572. The van der Waals surface area contributed by atoms with Crippen LogP contribution in [0.15, 0.2) is 53.4 Å². The van der Waals surface area contributed by atoms with Gasteiger partial charge in [0.15, 0.2) is 0 Å². The summed E-state index contributed by atoms with van der Waals surface area (Å²) in [5, 5.41) is 0. The Balaban J connectivity index is 1.86. The smallest absolute Gasteiger partial charge is 0.379 e. The number of ether oxygens (including phenoxy) is 1. The molecular formula is C19H20F4N2O3S. The first-order chi connectivity index (χ1) is 13.7. The molecule has 0 spiro atoms. The molecule has 0 bridgehead atoms. The highest BCUT2D eigenvalue weighted by Crippen LogP contribution is 2.34. The van der Waals surface area contributed by atoms with Crippen LogP contribution in [0.4, 0.5) is 17.6 Å². The predicted molar refractivity (Wildman–Crippen MR) is 98.2 cm³/mol. The second-order valence-corrected chi connectivity index (χ2v) is 8.30. The quantitative estimate of drug-likeness (QED) is 0.713. The second-order valence-electron chi connectivity index (χ2n) is 6.56. The van der Waals surface area contributed by atoms with Crippen LogP contribution in [0.2, 0.25) is 0 Å². The summed E-state index contributed by atoms with van der Waals surface area (Å²) in [6, 6.07) is 9.14. The zero-order valence-corrected chi connectivity index (χ0v) is 16.1. The van der Waals surface area contributed by atoms with Gasteiger partial charge in [-0.15, -0.1) is 0 Å². The van der Waals surface area contributed by atoms with Gasteiger partial charge in [-0.3, -0.25) is 4.90 Å². The lowest BCUT2D eigenvalue weighted by molar-refractivity contribution is -0.139. The number of nitrogens with one attached hydrogen (secondary N) is 1. The molecule has 10 heteroatoms. The maximum atomic E-state index is 13.3. The van der Waals surface area contributed by atoms with Gasteiger partial charge in [-0.1, -0.05) is 24.3 Å². The Morgan fingerprint density at radius 2 is 1.66 bits per heavy atom. The minimum atomic E-state index is -4.80. The van der Waals surface area contributed by atoms with Gasteiger partial charge in [0.2, 0.25) is 10.0 Å². The van der Waals surface area contributed by atoms with E-state index in [1.54, 1.807) is 0 Å². The van der Waals surface area contributed by atoms with E-state index in [1.165, 1.54) is 30.3 Å². The summed E-state index contributed by atoms with van der Waals surface area (Å²) in [4.78, 5) is 1.13. The topological polar surface area (TPSA) is 58.6 Å². The minimum Gasteiger partial charge on any atom is -0.379 e. The zero-order chi connectivity index (χ0) is 21.1. The predicted octanol–water partition coefficient (Wildman–Crippen LogP) is 3.20. The fraction of sp³-hybridized carbons (Fsp3) is 0.368. The van der Waals surface area contributed by atoms with Crippen molar-refractivity contribution < 1.29 is 30.7 Å². The first-order valence-corrected chi connectivity index (χ1v) is 10.4. The molecule has 1 atom stereocenters. The van der Waals surface area contributed by atoms with Crippen LogP contribution in [-0.2, 0) is 20.9 Å². The van der Waals surface area contributed by atoms with Crippen LogP contribution in [0.1, 0.15) is 17.2 Å². The highest BCUT2D eigenvalue weighted by Gasteiger charge is 2.37. The largest absolute Gasteiger partial charge is 0.417 e. The third kappa shape index (κ3) is 5.33. The molecule has 1 unspecified atom stereocenters. The Hall–Kier alpha value is -2.01. The van der Waals surface area contributed by atoms with Crippen molar-refractivity contribution in [2.24, 2.45) is 0 Å². The van der Waals surface area contributed by atoms with E-state index < -0.39 is 38.5 Å². The van der Waals surface area contributed by atoms with Gasteiger partial charge in [0.05, 0.1) is 23.7 Å². The summed E-state index contributed by atoms with van der Waals surface area (Å²) in [5.74, 6) is -0.436. The van der Waals surface area contributed by atoms with Crippen molar-refractivity contribution in [2.45, 2.75) is 17.1 Å². The van der Waals surface area contributed by atoms with E-state index >= 15 is 0 Å². The molecule has 158 valence electrons. The Labute approximate surface area is 166 Å². The maximum Gasteiger partial charge on any atom is 0.417 e. The molecule has 0 aliphatic carbocycles. The molecule has 0 aromatic heterocycles. The third-order valence-electron chi connectivity index (χ3n) is 4.69. The van der Waals surface area contributed by atoms with Crippen LogP contribution in [0.25, 0.3) is 0 Å². The number of nitrogens with zero attached hydrogens (tertiary/aromatic N) is 1. The van der Waals surface area contributed by atoms with E-state index in [0.29, 0.717) is 31.9 Å². The molecule has 2 aromatic carbocycles. The molecule has 1 N–H and O–H groups in total. The van der Waals surface area contributed by atoms with Gasteiger partial charge in [0, 0.05) is 25.7 Å². The number of alkyl halides is 3. The summed E-state index contributed by atoms with van der Waals surface area (Å²) in [6.45, 7) is 1.76. The summed E-state index contributed by atoms with van der Waals surface area (Å²) in [7, 11) is -4.43. The Morgan fingerprint density at radius 3 is 2.28 bits per heavy atom. The van der Waals surface area contributed by atoms with Gasteiger partial charge < -0.3 is 4.74 Å². The van der Waals surface area contributed by atoms with E-state index in [4.69, 9.17) is 4.74 Å². The van der Waals surface area contributed by atoms with Crippen molar-refractivity contribution in [3.05, 3.63) is 65.5 Å². The fourth-order valence-corrected chi connectivity index (χ4v) is 4.50. The third-order valence-corrected chi connectivity index (χ3v) is 6.17. The number of benzene rings is 2. The van der Waals surface area contributed by atoms with Gasteiger partial charge in [-0.05, 0) is 29.8 Å². The molecule has 1 aliphatic heterocycles. The van der Waals surface area contributed by atoms with Crippen molar-refractivity contribution in [2.75, 3.05) is 32.8 Å². The molecule has 1 heterocycles. The number of rotatable bonds is 6. The van der Waals surface area contributed by atoms with Gasteiger partial charge in [-0.2, -0.15) is 13.2 Å². The van der Waals surface area contributed by atoms with Crippen LogP contribution < -0.4 is 4.72 Å². The molecule has 0 amide bonds. The molecule has 0 radical (unpaired) electrons. The molecule has 1 fully saturated rings. The van der Waals surface area contributed by atoms with Gasteiger partial charge in [-0.25, -0.2) is 17.5 Å². The Bertz CT molecular complexity index is 927. The van der Waals surface area contributed by atoms with Crippen LogP contribution >= 0.6 is 0 Å². The number of hydrogen-bond donors (Lipinski definition) is 1. The molecule has 2 aromatic rings. The van der Waals surface area contributed by atoms with Gasteiger partial charge >= 0.3 is 6.18 Å². The molecule has 5 nitrogen and oxygen atoms in total. The first-order valence-electron chi connectivity index (χ1n) is 8.91. The highest BCUT2D eigenvalue weighted by molar-refractivity contribution is 7.89. The number of hydrogen-bond acceptors (Lipinski definition) is 4. The lowest BCUT2D eigenvalue weighted by atomic mass is 10.0. The molecule has 3 rings (SSSR count). The van der Waals surface area contributed by atoms with Crippen molar-refractivity contribution in [1.82, 2.24) is 9.62 Å². The lowest BCUT2D eigenvalue weighted by Gasteiger charge is -2.35. The van der Waals surface area contributed by atoms with E-state index in [0.717, 1.165) is 18.2 Å². The van der Waals surface area contributed by atoms with Crippen LogP contribution in [-0.4, -0.2) is 46.2 Å². The molecule has 1 saturated heterocycles. The average Bonchev–Trinajstić information content (AvgIpc) is 2.69. The van der Waals surface area contributed by atoms with E-state index in [2.05, 4.69) is 4.72 Å². The first kappa shape index (κ1) is 21.7. The monoisotopic (exact) mass is 432 g/mol. The molecule has 0 saturated carbocycles. The molecular weight excluding hydrogens is 412 g/mol. The summed E-state index contributed by atoms with van der Waals surface area (Å²) < 4.78 is 85.9. The standard InChI is InChI=1S/C19H20F4N2O3S/c20-15-7-5-14(6-8-15)17(25-9-11-28-12-10-25)13-24-29(26,27)18-4-2-1-3-16(18)19(21,22)23/h1-8,17,24H,9-13H2. The van der Waals surface area contributed by atoms with Crippen LogP contribution in [0.5, 0.6) is 0 Å². The van der Waals surface area contributed by atoms with E-state index in [9.17, 15) is 26.0 Å². The minimum absolute atomic E-state index is 0.167. The lowest BCUT2D eigenvalue weighted by Crippen LogP contribution is -2.44. The van der Waals surface area contributed by atoms with Crippen molar-refractivity contribution in [1.29, 1.82) is 0 Å². The van der Waals surface area contributed by atoms with Crippen molar-refractivity contribution in [3.63, 3.8) is 0 Å². The van der Waals surface area contributed by atoms with E-state index in [1.807, 2.05) is 4.90 Å². The Kier molecular flexibility index (Phi) is 6.57.